The minimum absolute atomic E-state index is 0.161. The maximum absolute atomic E-state index is 5.85. The first-order valence-electron chi connectivity index (χ1n) is 7.90. The van der Waals surface area contributed by atoms with Gasteiger partial charge in [-0.3, -0.25) is 9.58 Å². The lowest BCUT2D eigenvalue weighted by Crippen LogP contribution is -2.43. The van der Waals surface area contributed by atoms with Gasteiger partial charge in [-0.1, -0.05) is 0 Å². The van der Waals surface area contributed by atoms with Gasteiger partial charge in [0.15, 0.2) is 10.8 Å². The largest absolute Gasteiger partial charge is 0.374 e. The van der Waals surface area contributed by atoms with Crippen LogP contribution in [0.3, 0.4) is 0 Å². The van der Waals surface area contributed by atoms with Crippen LogP contribution in [-0.2, 0) is 17.8 Å². The minimum atomic E-state index is 0.161. The van der Waals surface area contributed by atoms with Crippen molar-refractivity contribution >= 4 is 11.3 Å². The Morgan fingerprint density at radius 3 is 2.96 bits per heavy atom. The number of rotatable bonds is 5. The molecule has 4 rings (SSSR count). The van der Waals surface area contributed by atoms with E-state index in [1.54, 1.807) is 29.9 Å². The van der Waals surface area contributed by atoms with Gasteiger partial charge in [0.05, 0.1) is 24.9 Å². The molecular formula is C16H18N6OS. The molecule has 1 saturated heterocycles. The van der Waals surface area contributed by atoms with E-state index < -0.39 is 0 Å². The van der Waals surface area contributed by atoms with Crippen LogP contribution in [0.1, 0.15) is 5.69 Å². The van der Waals surface area contributed by atoms with Gasteiger partial charge in [0.2, 0.25) is 0 Å². The van der Waals surface area contributed by atoms with Crippen LogP contribution in [0.15, 0.2) is 42.3 Å². The third-order valence-electron chi connectivity index (χ3n) is 3.87. The second-order valence-electron chi connectivity index (χ2n) is 5.67. The predicted molar refractivity (Wildman–Crippen MR) is 90.4 cm³/mol. The van der Waals surface area contributed by atoms with Crippen molar-refractivity contribution in [1.82, 2.24) is 29.6 Å². The highest BCUT2D eigenvalue weighted by Gasteiger charge is 2.22. The van der Waals surface area contributed by atoms with E-state index >= 15 is 0 Å². The Kier molecular flexibility index (Phi) is 4.59. The van der Waals surface area contributed by atoms with Crippen molar-refractivity contribution in [2.75, 3.05) is 19.7 Å². The first-order valence-corrected chi connectivity index (χ1v) is 8.78. The molecule has 7 nitrogen and oxygen atoms in total. The molecule has 3 aromatic rings. The molecule has 3 aromatic heterocycles. The van der Waals surface area contributed by atoms with Gasteiger partial charge in [-0.25, -0.2) is 15.0 Å². The number of hydrogen-bond donors (Lipinski definition) is 0. The lowest BCUT2D eigenvalue weighted by atomic mass is 10.2. The van der Waals surface area contributed by atoms with Crippen molar-refractivity contribution in [3.63, 3.8) is 0 Å². The summed E-state index contributed by atoms with van der Waals surface area (Å²) in [4.78, 5) is 15.6. The molecule has 0 aliphatic carbocycles. The molecule has 8 heteroatoms. The van der Waals surface area contributed by atoms with Gasteiger partial charge in [-0.15, -0.1) is 11.3 Å². The zero-order chi connectivity index (χ0) is 16.2. The zero-order valence-electron chi connectivity index (χ0n) is 13.2. The summed E-state index contributed by atoms with van der Waals surface area (Å²) in [7, 11) is 0. The van der Waals surface area contributed by atoms with Gasteiger partial charge >= 0.3 is 0 Å². The molecule has 4 heterocycles. The molecule has 1 aliphatic heterocycles. The Morgan fingerprint density at radius 1 is 1.21 bits per heavy atom. The molecular weight excluding hydrogens is 324 g/mol. The topological polar surface area (TPSA) is 69.0 Å². The van der Waals surface area contributed by atoms with E-state index in [0.717, 1.165) is 43.5 Å². The molecule has 0 bridgehead atoms. The summed E-state index contributed by atoms with van der Waals surface area (Å²) in [6.45, 7) is 4.15. The van der Waals surface area contributed by atoms with Crippen LogP contribution in [0.5, 0.6) is 0 Å². The van der Waals surface area contributed by atoms with Gasteiger partial charge in [-0.2, -0.15) is 5.10 Å². The Morgan fingerprint density at radius 2 is 2.12 bits per heavy atom. The van der Waals surface area contributed by atoms with Gasteiger partial charge in [0.1, 0.15) is 0 Å². The fourth-order valence-electron chi connectivity index (χ4n) is 2.77. The molecule has 1 atom stereocenters. The Balaban J connectivity index is 1.37. The monoisotopic (exact) mass is 342 g/mol. The fourth-order valence-corrected chi connectivity index (χ4v) is 3.53. The lowest BCUT2D eigenvalue weighted by Gasteiger charge is -2.32. The Bertz CT molecular complexity index is 760. The van der Waals surface area contributed by atoms with Crippen LogP contribution in [-0.4, -0.2) is 55.4 Å². The smallest absolute Gasteiger partial charge is 0.188 e. The molecule has 0 radical (unpaired) electrons. The van der Waals surface area contributed by atoms with Crippen LogP contribution in [0.25, 0.3) is 10.8 Å². The van der Waals surface area contributed by atoms with Crippen molar-refractivity contribution in [1.29, 1.82) is 0 Å². The second kappa shape index (κ2) is 7.16. The Hall–Kier alpha value is -2.16. The normalized spacial score (nSPS) is 18.8. The first-order chi connectivity index (χ1) is 11.9. The molecule has 0 spiro atoms. The van der Waals surface area contributed by atoms with Crippen LogP contribution < -0.4 is 0 Å². The summed E-state index contributed by atoms with van der Waals surface area (Å²) >= 11 is 1.59. The molecule has 0 aromatic carbocycles. The predicted octanol–water partition coefficient (Wildman–Crippen LogP) is 1.70. The maximum atomic E-state index is 5.85. The molecule has 124 valence electrons. The standard InChI is InChI=1S/C16H18N6OS/c1-3-17-15(18-4-1)16-20-13(12-24-16)9-21-7-8-23-14(10-21)11-22-6-2-5-19-22/h1-6,12,14H,7-11H2. The van der Waals surface area contributed by atoms with Crippen LogP contribution in [0.2, 0.25) is 0 Å². The molecule has 0 amide bonds. The van der Waals surface area contributed by atoms with Gasteiger partial charge in [0, 0.05) is 49.8 Å². The molecule has 1 aliphatic rings. The fraction of sp³-hybridized carbons (Fsp3) is 0.375. The summed E-state index contributed by atoms with van der Waals surface area (Å²) < 4.78 is 7.77. The van der Waals surface area contributed by atoms with E-state index in [-0.39, 0.29) is 6.10 Å². The van der Waals surface area contributed by atoms with Gasteiger partial charge in [0.25, 0.3) is 0 Å². The molecule has 1 fully saturated rings. The van der Waals surface area contributed by atoms with Crippen molar-refractivity contribution in [3.05, 3.63) is 48.0 Å². The quantitative estimate of drug-likeness (QED) is 0.703. The van der Waals surface area contributed by atoms with Crippen LogP contribution in [0, 0.1) is 0 Å². The average molecular weight is 342 g/mol. The molecule has 0 N–H and O–H groups in total. The molecule has 24 heavy (non-hydrogen) atoms. The van der Waals surface area contributed by atoms with E-state index in [2.05, 4.69) is 30.3 Å². The number of ether oxygens (including phenoxy) is 1. The third-order valence-corrected chi connectivity index (χ3v) is 4.75. The Labute approximate surface area is 144 Å². The summed E-state index contributed by atoms with van der Waals surface area (Å²) in [5.41, 5.74) is 1.06. The number of morpholine rings is 1. The highest BCUT2D eigenvalue weighted by Crippen LogP contribution is 2.21. The lowest BCUT2D eigenvalue weighted by molar-refractivity contribution is -0.0405. The minimum Gasteiger partial charge on any atom is -0.374 e. The molecule has 1 unspecified atom stereocenters. The van der Waals surface area contributed by atoms with E-state index in [0.29, 0.717) is 5.82 Å². The summed E-state index contributed by atoms with van der Waals surface area (Å²) in [6.07, 6.45) is 7.41. The van der Waals surface area contributed by atoms with Gasteiger partial charge in [-0.05, 0) is 12.1 Å². The molecule has 0 saturated carbocycles. The first kappa shape index (κ1) is 15.4. The van der Waals surface area contributed by atoms with E-state index in [4.69, 9.17) is 4.74 Å². The van der Waals surface area contributed by atoms with Crippen molar-refractivity contribution in [3.8, 4) is 10.8 Å². The highest BCUT2D eigenvalue weighted by molar-refractivity contribution is 7.13. The summed E-state index contributed by atoms with van der Waals surface area (Å²) in [5, 5.41) is 7.20. The maximum Gasteiger partial charge on any atom is 0.188 e. The van der Waals surface area contributed by atoms with Crippen LogP contribution >= 0.6 is 11.3 Å². The van der Waals surface area contributed by atoms with E-state index in [1.165, 1.54) is 0 Å². The average Bonchev–Trinajstić information content (AvgIpc) is 3.28. The number of hydrogen-bond acceptors (Lipinski definition) is 7. The van der Waals surface area contributed by atoms with Gasteiger partial charge < -0.3 is 4.74 Å². The second-order valence-corrected chi connectivity index (χ2v) is 6.53. The van der Waals surface area contributed by atoms with Crippen molar-refractivity contribution < 1.29 is 4.74 Å². The van der Waals surface area contributed by atoms with E-state index in [9.17, 15) is 0 Å². The van der Waals surface area contributed by atoms with Crippen molar-refractivity contribution in [2.45, 2.75) is 19.2 Å². The number of nitrogens with zero attached hydrogens (tertiary/aromatic N) is 6. The number of thiazole rings is 1. The zero-order valence-corrected chi connectivity index (χ0v) is 14.0. The third kappa shape index (κ3) is 3.66. The highest BCUT2D eigenvalue weighted by atomic mass is 32.1. The van der Waals surface area contributed by atoms with E-state index in [1.807, 2.05) is 23.0 Å². The van der Waals surface area contributed by atoms with Crippen molar-refractivity contribution in [2.24, 2.45) is 0 Å². The summed E-state index contributed by atoms with van der Waals surface area (Å²) in [6, 6.07) is 3.74. The summed E-state index contributed by atoms with van der Waals surface area (Å²) in [5.74, 6) is 0.687. The van der Waals surface area contributed by atoms with Crippen LogP contribution in [0.4, 0.5) is 0 Å². The SMILES string of the molecule is c1cnc(-c2nc(CN3CCOC(Cn4cccn4)C3)cs2)nc1. The number of aromatic nitrogens is 5.